The second-order valence-corrected chi connectivity index (χ2v) is 5.20. The van der Waals surface area contributed by atoms with Crippen LogP contribution in [0.1, 0.15) is 0 Å². The molecule has 0 aliphatic carbocycles. The lowest BCUT2D eigenvalue weighted by atomic mass is 10.3. The van der Waals surface area contributed by atoms with Gasteiger partial charge in [0.2, 0.25) is 0 Å². The molecule has 0 unspecified atom stereocenters. The molecule has 2 N–H and O–H groups in total. The highest BCUT2D eigenvalue weighted by Crippen LogP contribution is 2.29. The van der Waals surface area contributed by atoms with Crippen LogP contribution in [0.25, 0.3) is 0 Å². The fourth-order valence-electron chi connectivity index (χ4n) is 1.48. The topological polar surface area (TPSA) is 50.4 Å². The Kier molecular flexibility index (Phi) is 5.56. The van der Waals surface area contributed by atoms with E-state index < -0.39 is 6.03 Å². The maximum Gasteiger partial charge on any atom is 0.321 e. The van der Waals surface area contributed by atoms with Gasteiger partial charge in [-0.1, -0.05) is 40.9 Å². The standard InChI is InChI=1S/C14H11Cl3N2O2/c15-9-4-6-10(7-5-9)21-8-18-14(20)19-12-3-1-2-11(16)13(12)17/h1-7H,8H2,(H2,18,19,20). The number of benzene rings is 2. The highest BCUT2D eigenvalue weighted by molar-refractivity contribution is 6.43. The lowest BCUT2D eigenvalue weighted by Crippen LogP contribution is -2.32. The van der Waals surface area contributed by atoms with Crippen molar-refractivity contribution in [1.82, 2.24) is 5.32 Å². The van der Waals surface area contributed by atoms with Crippen LogP contribution in [0.5, 0.6) is 5.75 Å². The molecule has 0 fully saturated rings. The van der Waals surface area contributed by atoms with Gasteiger partial charge in [-0.25, -0.2) is 4.79 Å². The van der Waals surface area contributed by atoms with Gasteiger partial charge in [-0.2, -0.15) is 0 Å². The van der Waals surface area contributed by atoms with Gasteiger partial charge in [-0.15, -0.1) is 0 Å². The van der Waals surface area contributed by atoms with Crippen LogP contribution in [0.2, 0.25) is 15.1 Å². The Morgan fingerprint density at radius 3 is 2.48 bits per heavy atom. The third kappa shape index (κ3) is 4.70. The zero-order valence-electron chi connectivity index (χ0n) is 10.7. The summed E-state index contributed by atoms with van der Waals surface area (Å²) in [6, 6.07) is 11.3. The van der Waals surface area contributed by atoms with E-state index >= 15 is 0 Å². The summed E-state index contributed by atoms with van der Waals surface area (Å²) in [7, 11) is 0. The summed E-state index contributed by atoms with van der Waals surface area (Å²) in [5.74, 6) is 0.598. The molecule has 21 heavy (non-hydrogen) atoms. The molecular weight excluding hydrogens is 335 g/mol. The predicted octanol–water partition coefficient (Wildman–Crippen LogP) is 4.80. The fraction of sp³-hybridized carbons (Fsp3) is 0.0714. The highest BCUT2D eigenvalue weighted by atomic mass is 35.5. The van der Waals surface area contributed by atoms with E-state index in [2.05, 4.69) is 10.6 Å². The Balaban J connectivity index is 1.82. The van der Waals surface area contributed by atoms with Crippen LogP contribution in [0.15, 0.2) is 42.5 Å². The second kappa shape index (κ2) is 7.41. The summed E-state index contributed by atoms with van der Waals surface area (Å²) in [6.45, 7) is 0.00561. The average Bonchev–Trinajstić information content (AvgIpc) is 2.46. The number of anilines is 1. The Labute approximate surface area is 137 Å². The van der Waals surface area contributed by atoms with Crippen LogP contribution in [0, 0.1) is 0 Å². The Hall–Kier alpha value is -1.62. The monoisotopic (exact) mass is 344 g/mol. The molecule has 0 saturated carbocycles. The van der Waals surface area contributed by atoms with Crippen molar-refractivity contribution in [2.45, 2.75) is 0 Å². The summed E-state index contributed by atoms with van der Waals surface area (Å²) in [4.78, 5) is 11.7. The van der Waals surface area contributed by atoms with Gasteiger partial charge in [0.15, 0.2) is 6.73 Å². The van der Waals surface area contributed by atoms with Crippen molar-refractivity contribution in [2.75, 3.05) is 12.0 Å². The van der Waals surface area contributed by atoms with Crippen molar-refractivity contribution in [3.05, 3.63) is 57.5 Å². The van der Waals surface area contributed by atoms with Crippen molar-refractivity contribution in [1.29, 1.82) is 0 Å². The van der Waals surface area contributed by atoms with Crippen molar-refractivity contribution in [2.24, 2.45) is 0 Å². The average molecular weight is 346 g/mol. The number of nitrogens with one attached hydrogen (secondary N) is 2. The molecule has 0 aliphatic rings. The molecule has 0 heterocycles. The van der Waals surface area contributed by atoms with E-state index in [0.29, 0.717) is 21.5 Å². The van der Waals surface area contributed by atoms with E-state index in [1.165, 1.54) is 0 Å². The third-order valence-electron chi connectivity index (χ3n) is 2.48. The molecule has 0 aliphatic heterocycles. The molecule has 2 amide bonds. The second-order valence-electron chi connectivity index (χ2n) is 3.97. The fourth-order valence-corrected chi connectivity index (χ4v) is 1.96. The zero-order chi connectivity index (χ0) is 15.2. The summed E-state index contributed by atoms with van der Waals surface area (Å²) in [5.41, 5.74) is 0.424. The molecule has 2 aromatic rings. The van der Waals surface area contributed by atoms with Crippen LogP contribution in [0.3, 0.4) is 0 Å². The largest absolute Gasteiger partial charge is 0.473 e. The minimum Gasteiger partial charge on any atom is -0.473 e. The summed E-state index contributed by atoms with van der Waals surface area (Å²) in [6.07, 6.45) is 0. The third-order valence-corrected chi connectivity index (χ3v) is 3.56. The molecule has 4 nitrogen and oxygen atoms in total. The molecule has 0 atom stereocenters. The number of hydrogen-bond acceptors (Lipinski definition) is 2. The number of carbonyl (C=O) groups excluding carboxylic acids is 1. The highest BCUT2D eigenvalue weighted by Gasteiger charge is 2.07. The first-order valence-corrected chi connectivity index (χ1v) is 7.07. The quantitative estimate of drug-likeness (QED) is 0.782. The Morgan fingerprint density at radius 2 is 1.76 bits per heavy atom. The molecule has 0 radical (unpaired) electrons. The van der Waals surface area contributed by atoms with Crippen LogP contribution in [0.4, 0.5) is 10.5 Å². The van der Waals surface area contributed by atoms with Gasteiger partial charge in [-0.3, -0.25) is 0 Å². The first-order chi connectivity index (χ1) is 10.1. The SMILES string of the molecule is O=C(NCOc1ccc(Cl)cc1)Nc1cccc(Cl)c1Cl. The van der Waals surface area contributed by atoms with E-state index in [1.54, 1.807) is 42.5 Å². The van der Waals surface area contributed by atoms with Crippen LogP contribution in [-0.2, 0) is 0 Å². The van der Waals surface area contributed by atoms with E-state index in [4.69, 9.17) is 39.5 Å². The van der Waals surface area contributed by atoms with Crippen molar-refractivity contribution >= 4 is 46.5 Å². The van der Waals surface area contributed by atoms with Crippen LogP contribution < -0.4 is 15.4 Å². The van der Waals surface area contributed by atoms with E-state index in [1.807, 2.05) is 0 Å². The maximum absolute atomic E-state index is 11.7. The minimum atomic E-state index is -0.451. The predicted molar refractivity (Wildman–Crippen MR) is 85.6 cm³/mol. The number of amides is 2. The van der Waals surface area contributed by atoms with Crippen molar-refractivity contribution in [3.8, 4) is 5.75 Å². The van der Waals surface area contributed by atoms with Crippen LogP contribution in [-0.4, -0.2) is 12.8 Å². The minimum absolute atomic E-state index is 0.00561. The lowest BCUT2D eigenvalue weighted by Gasteiger charge is -2.10. The van der Waals surface area contributed by atoms with Gasteiger partial charge in [0, 0.05) is 5.02 Å². The van der Waals surface area contributed by atoms with Gasteiger partial charge in [-0.05, 0) is 36.4 Å². The normalized spacial score (nSPS) is 10.0. The molecule has 0 bridgehead atoms. The number of urea groups is 1. The summed E-state index contributed by atoms with van der Waals surface area (Å²) >= 11 is 17.6. The van der Waals surface area contributed by atoms with Gasteiger partial charge in [0.25, 0.3) is 0 Å². The molecule has 2 aromatic carbocycles. The van der Waals surface area contributed by atoms with E-state index in [9.17, 15) is 4.79 Å². The first kappa shape index (κ1) is 15.8. The van der Waals surface area contributed by atoms with Gasteiger partial charge < -0.3 is 15.4 Å². The number of ether oxygens (including phenoxy) is 1. The van der Waals surface area contributed by atoms with Gasteiger partial charge in [0.1, 0.15) is 5.75 Å². The number of carbonyl (C=O) groups is 1. The first-order valence-electron chi connectivity index (χ1n) is 5.93. The molecule has 0 spiro atoms. The molecule has 2 rings (SSSR count). The number of rotatable bonds is 4. The summed E-state index contributed by atoms with van der Waals surface area (Å²) in [5, 5.41) is 6.38. The Morgan fingerprint density at radius 1 is 1.05 bits per heavy atom. The maximum atomic E-state index is 11.7. The molecule has 0 saturated heterocycles. The molecule has 110 valence electrons. The smallest absolute Gasteiger partial charge is 0.321 e. The molecule has 0 aromatic heterocycles. The summed E-state index contributed by atoms with van der Waals surface area (Å²) < 4.78 is 5.33. The molecular formula is C14H11Cl3N2O2. The van der Waals surface area contributed by atoms with Crippen molar-refractivity contribution in [3.63, 3.8) is 0 Å². The lowest BCUT2D eigenvalue weighted by molar-refractivity contribution is 0.234. The molecule has 7 heteroatoms. The number of halogens is 3. The van der Waals surface area contributed by atoms with Gasteiger partial charge in [0.05, 0.1) is 15.7 Å². The van der Waals surface area contributed by atoms with Gasteiger partial charge >= 0.3 is 6.03 Å². The van der Waals surface area contributed by atoms with Crippen molar-refractivity contribution < 1.29 is 9.53 Å². The zero-order valence-corrected chi connectivity index (χ0v) is 13.0. The van der Waals surface area contributed by atoms with Crippen LogP contribution >= 0.6 is 34.8 Å². The Bertz CT molecular complexity index is 633. The van der Waals surface area contributed by atoms with E-state index in [-0.39, 0.29) is 11.8 Å². The van der Waals surface area contributed by atoms with E-state index in [0.717, 1.165) is 0 Å². The number of hydrogen-bond donors (Lipinski definition) is 2.